The summed E-state index contributed by atoms with van der Waals surface area (Å²) in [5.41, 5.74) is 5.20. The Morgan fingerprint density at radius 1 is 0.973 bits per heavy atom. The number of aromatic nitrogens is 4. The summed E-state index contributed by atoms with van der Waals surface area (Å²) in [4.78, 5) is 18.1. The number of carbonyl (C=O) groups is 1. The van der Waals surface area contributed by atoms with E-state index in [2.05, 4.69) is 67.1 Å². The number of nitrogens with one attached hydrogen (secondary N) is 2. The van der Waals surface area contributed by atoms with Crippen LogP contribution in [0.25, 0.3) is 22.5 Å². The number of anilines is 2. The van der Waals surface area contributed by atoms with Crippen molar-refractivity contribution in [1.29, 1.82) is 0 Å². The highest BCUT2D eigenvalue weighted by molar-refractivity contribution is 6.30. The number of piperazine rings is 1. The zero-order chi connectivity index (χ0) is 25.4. The van der Waals surface area contributed by atoms with Crippen LogP contribution in [-0.2, 0) is 10.2 Å². The Morgan fingerprint density at radius 3 is 2.43 bits per heavy atom. The smallest absolute Gasteiger partial charge is 0.235 e. The molecule has 1 aliphatic heterocycles. The SMILES string of the molecule is CN1CCN(c2ccc(-c3ccc(NC(=O)C4(c5cccc(Cl)c5)CC4)cc3-c3nnn[nH]3)cc2)CC1. The molecule has 1 saturated heterocycles. The van der Waals surface area contributed by atoms with Gasteiger partial charge in [-0.05, 0) is 83.4 Å². The molecule has 188 valence electrons. The molecule has 2 N–H and O–H groups in total. The van der Waals surface area contributed by atoms with Gasteiger partial charge in [-0.1, -0.05) is 41.9 Å². The molecule has 9 heteroatoms. The third-order valence-electron chi connectivity index (χ3n) is 7.49. The number of nitrogens with zero attached hydrogens (tertiary/aromatic N) is 5. The van der Waals surface area contributed by atoms with Crippen molar-refractivity contribution in [1.82, 2.24) is 25.5 Å². The Bertz CT molecular complexity index is 1410. The number of hydrogen-bond acceptors (Lipinski definition) is 6. The van der Waals surface area contributed by atoms with Crippen LogP contribution < -0.4 is 10.2 Å². The Labute approximate surface area is 220 Å². The van der Waals surface area contributed by atoms with E-state index in [1.807, 2.05) is 42.5 Å². The Balaban J connectivity index is 1.27. The predicted octanol–water partition coefficient (Wildman–Crippen LogP) is 4.61. The van der Waals surface area contributed by atoms with Crippen molar-refractivity contribution in [2.45, 2.75) is 18.3 Å². The lowest BCUT2D eigenvalue weighted by Gasteiger charge is -2.34. The van der Waals surface area contributed by atoms with Crippen molar-refractivity contribution in [2.24, 2.45) is 0 Å². The van der Waals surface area contributed by atoms with Crippen LogP contribution >= 0.6 is 11.6 Å². The van der Waals surface area contributed by atoms with Gasteiger partial charge in [0.1, 0.15) is 0 Å². The number of H-pyrrole nitrogens is 1. The fraction of sp³-hybridized carbons (Fsp3) is 0.286. The van der Waals surface area contributed by atoms with Gasteiger partial charge in [0, 0.05) is 48.1 Å². The largest absolute Gasteiger partial charge is 0.369 e. The molecule has 2 fully saturated rings. The van der Waals surface area contributed by atoms with Gasteiger partial charge in [-0.3, -0.25) is 4.79 Å². The number of rotatable bonds is 6. The topological polar surface area (TPSA) is 90.0 Å². The number of hydrogen-bond donors (Lipinski definition) is 2. The number of likely N-dealkylation sites (N-methyl/N-ethyl adjacent to an activating group) is 1. The summed E-state index contributed by atoms with van der Waals surface area (Å²) in [5, 5.41) is 18.3. The van der Waals surface area contributed by atoms with Gasteiger partial charge in [0.15, 0.2) is 5.82 Å². The van der Waals surface area contributed by atoms with Gasteiger partial charge in [0.05, 0.1) is 5.41 Å². The first-order valence-corrected chi connectivity index (χ1v) is 12.9. The van der Waals surface area contributed by atoms with E-state index in [0.717, 1.165) is 61.3 Å². The van der Waals surface area contributed by atoms with Crippen LogP contribution in [-0.4, -0.2) is 64.7 Å². The standard InChI is InChI=1S/C28H28ClN7O/c1-35-13-15-36(16-14-35)23-8-5-19(6-9-23)24-10-7-22(18-25(24)26-31-33-34-32-26)30-27(37)28(11-12-28)20-3-2-4-21(29)17-20/h2-10,17-18H,11-16H2,1H3,(H,30,37)(H,31,32,33,34). The van der Waals surface area contributed by atoms with Gasteiger partial charge in [-0.15, -0.1) is 5.10 Å². The summed E-state index contributed by atoms with van der Waals surface area (Å²) in [5.74, 6) is 0.519. The maximum Gasteiger partial charge on any atom is 0.235 e. The van der Waals surface area contributed by atoms with E-state index < -0.39 is 5.41 Å². The molecule has 2 aliphatic rings. The minimum Gasteiger partial charge on any atom is -0.369 e. The van der Waals surface area contributed by atoms with Crippen LogP contribution in [0, 0.1) is 0 Å². The molecule has 0 radical (unpaired) electrons. The summed E-state index contributed by atoms with van der Waals surface area (Å²) < 4.78 is 0. The van der Waals surface area contributed by atoms with Crippen LogP contribution in [0.15, 0.2) is 66.7 Å². The summed E-state index contributed by atoms with van der Waals surface area (Å²) in [6, 6.07) is 22.0. The van der Waals surface area contributed by atoms with Crippen molar-refractivity contribution in [3.05, 3.63) is 77.3 Å². The molecular formula is C28H28ClN7O. The Hall–Kier alpha value is -3.75. The molecule has 0 atom stereocenters. The highest BCUT2D eigenvalue weighted by Crippen LogP contribution is 2.49. The zero-order valence-corrected chi connectivity index (χ0v) is 21.4. The maximum atomic E-state index is 13.4. The van der Waals surface area contributed by atoms with Crippen LogP contribution in [0.4, 0.5) is 11.4 Å². The first-order chi connectivity index (χ1) is 18.0. The van der Waals surface area contributed by atoms with Crippen LogP contribution in [0.5, 0.6) is 0 Å². The molecule has 0 unspecified atom stereocenters. The second-order valence-electron chi connectivity index (χ2n) is 9.89. The van der Waals surface area contributed by atoms with Gasteiger partial charge in [-0.2, -0.15) is 0 Å². The monoisotopic (exact) mass is 513 g/mol. The second kappa shape index (κ2) is 9.61. The van der Waals surface area contributed by atoms with Gasteiger partial charge >= 0.3 is 0 Å². The highest BCUT2D eigenvalue weighted by atomic mass is 35.5. The minimum atomic E-state index is -0.531. The molecule has 1 saturated carbocycles. The number of tetrazole rings is 1. The van der Waals surface area contributed by atoms with Gasteiger partial charge in [0.25, 0.3) is 0 Å². The predicted molar refractivity (Wildman–Crippen MR) is 146 cm³/mol. The molecular weight excluding hydrogens is 486 g/mol. The molecule has 1 aromatic heterocycles. The number of aromatic amines is 1. The zero-order valence-electron chi connectivity index (χ0n) is 20.6. The highest BCUT2D eigenvalue weighted by Gasteiger charge is 2.51. The first-order valence-electron chi connectivity index (χ1n) is 12.5. The van der Waals surface area contributed by atoms with Crippen molar-refractivity contribution in [3.63, 3.8) is 0 Å². The van der Waals surface area contributed by atoms with E-state index in [1.54, 1.807) is 0 Å². The van der Waals surface area contributed by atoms with Gasteiger partial charge in [-0.25, -0.2) is 5.10 Å². The number of benzene rings is 3. The summed E-state index contributed by atoms with van der Waals surface area (Å²) in [6.45, 7) is 4.18. The fourth-order valence-corrected chi connectivity index (χ4v) is 5.26. The van der Waals surface area contributed by atoms with E-state index in [4.69, 9.17) is 11.6 Å². The quantitative estimate of drug-likeness (QED) is 0.391. The van der Waals surface area contributed by atoms with Crippen LogP contribution in [0.1, 0.15) is 18.4 Å². The average Bonchev–Trinajstić information content (AvgIpc) is 3.56. The third-order valence-corrected chi connectivity index (χ3v) is 7.72. The molecule has 8 nitrogen and oxygen atoms in total. The van der Waals surface area contributed by atoms with Gasteiger partial charge in [0.2, 0.25) is 5.91 Å². The van der Waals surface area contributed by atoms with Crippen LogP contribution in [0.3, 0.4) is 0 Å². The second-order valence-corrected chi connectivity index (χ2v) is 10.3. The fourth-order valence-electron chi connectivity index (χ4n) is 5.07. The normalized spacial score (nSPS) is 17.0. The maximum absolute atomic E-state index is 13.4. The number of halogens is 1. The van der Waals surface area contributed by atoms with E-state index >= 15 is 0 Å². The molecule has 6 rings (SSSR count). The van der Waals surface area contributed by atoms with Crippen molar-refractivity contribution in [3.8, 4) is 22.5 Å². The third kappa shape index (κ3) is 4.70. The van der Waals surface area contributed by atoms with E-state index in [1.165, 1.54) is 5.69 Å². The summed E-state index contributed by atoms with van der Waals surface area (Å²) in [6.07, 6.45) is 1.60. The molecule has 3 aromatic carbocycles. The molecule has 1 aliphatic carbocycles. The molecule has 0 spiro atoms. The first kappa shape index (κ1) is 23.6. The van der Waals surface area contributed by atoms with E-state index in [0.29, 0.717) is 16.5 Å². The van der Waals surface area contributed by atoms with E-state index in [-0.39, 0.29) is 5.91 Å². The Kier molecular flexibility index (Phi) is 6.14. The van der Waals surface area contributed by atoms with Crippen molar-refractivity contribution in [2.75, 3.05) is 43.4 Å². The lowest BCUT2D eigenvalue weighted by atomic mass is 9.94. The molecule has 0 bridgehead atoms. The molecule has 2 heterocycles. The average molecular weight is 514 g/mol. The van der Waals surface area contributed by atoms with Crippen molar-refractivity contribution < 1.29 is 4.79 Å². The minimum absolute atomic E-state index is 0.0271. The molecule has 1 amide bonds. The van der Waals surface area contributed by atoms with E-state index in [9.17, 15) is 4.79 Å². The number of amides is 1. The van der Waals surface area contributed by atoms with Gasteiger partial charge < -0.3 is 15.1 Å². The number of carbonyl (C=O) groups excluding carboxylic acids is 1. The summed E-state index contributed by atoms with van der Waals surface area (Å²) >= 11 is 6.20. The lowest BCUT2D eigenvalue weighted by Crippen LogP contribution is -2.44. The van der Waals surface area contributed by atoms with Crippen molar-refractivity contribution >= 4 is 28.9 Å². The summed E-state index contributed by atoms with van der Waals surface area (Å²) in [7, 11) is 2.16. The molecule has 37 heavy (non-hydrogen) atoms. The lowest BCUT2D eigenvalue weighted by molar-refractivity contribution is -0.118. The Morgan fingerprint density at radius 2 is 1.76 bits per heavy atom. The van der Waals surface area contributed by atoms with Crippen LogP contribution in [0.2, 0.25) is 5.02 Å². The molecule has 4 aromatic rings.